The molecule has 0 aromatic heterocycles. The van der Waals surface area contributed by atoms with Crippen molar-refractivity contribution in [3.8, 4) is 0 Å². The van der Waals surface area contributed by atoms with E-state index in [0.717, 1.165) is 17.3 Å². The van der Waals surface area contributed by atoms with Gasteiger partial charge in [0.2, 0.25) is 15.9 Å². The van der Waals surface area contributed by atoms with E-state index in [-0.39, 0.29) is 18.6 Å². The number of nitrogens with zero attached hydrogens (tertiary/aromatic N) is 2. The van der Waals surface area contributed by atoms with Crippen LogP contribution in [0.3, 0.4) is 0 Å². The van der Waals surface area contributed by atoms with Gasteiger partial charge in [-0.3, -0.25) is 4.79 Å². The zero-order valence-corrected chi connectivity index (χ0v) is 17.1. The minimum Gasteiger partial charge on any atom is -0.363 e. The average Bonchev–Trinajstić information content (AvgIpc) is 3.42. The highest BCUT2D eigenvalue weighted by Crippen LogP contribution is 2.39. The molecule has 8 heteroatoms. The molecule has 1 aliphatic carbocycles. The number of rotatable bonds is 3. The molecule has 2 heterocycles. The molecule has 2 atom stereocenters. The van der Waals surface area contributed by atoms with Gasteiger partial charge in [-0.2, -0.15) is 4.31 Å². The van der Waals surface area contributed by atoms with E-state index in [2.05, 4.69) is 15.9 Å². The first-order valence-electron chi connectivity index (χ1n) is 9.02. The van der Waals surface area contributed by atoms with E-state index in [1.54, 1.807) is 28.6 Å². The Morgan fingerprint density at radius 3 is 2.54 bits per heavy atom. The normalized spacial score (nSPS) is 30.8. The molecule has 1 amide bonds. The van der Waals surface area contributed by atoms with E-state index in [1.807, 2.05) is 11.8 Å². The Balaban J connectivity index is 1.51. The number of hydrogen-bond acceptors (Lipinski definition) is 4. The van der Waals surface area contributed by atoms with Crippen molar-refractivity contribution in [3.63, 3.8) is 0 Å². The Bertz CT molecular complexity index is 809. The Kier molecular flexibility index (Phi) is 4.66. The summed E-state index contributed by atoms with van der Waals surface area (Å²) in [5, 5.41) is 0. The summed E-state index contributed by atoms with van der Waals surface area (Å²) in [5.74, 6) is 0.0655. The van der Waals surface area contributed by atoms with Gasteiger partial charge in [0.15, 0.2) is 0 Å². The number of halogens is 1. The van der Waals surface area contributed by atoms with Crippen molar-refractivity contribution in [3.05, 3.63) is 28.7 Å². The van der Waals surface area contributed by atoms with Gasteiger partial charge in [0.1, 0.15) is 6.61 Å². The number of sulfonamides is 1. The fraction of sp³-hybridized carbons (Fsp3) is 0.611. The molecule has 4 rings (SSSR count). The maximum absolute atomic E-state index is 13.0. The summed E-state index contributed by atoms with van der Waals surface area (Å²) in [6.07, 6.45) is 3.37. The molecular weight excluding hydrogens is 420 g/mol. The lowest BCUT2D eigenvalue weighted by atomic mass is 9.86. The van der Waals surface area contributed by atoms with Gasteiger partial charge in [0.05, 0.1) is 17.0 Å². The monoisotopic (exact) mass is 442 g/mol. The molecule has 2 unspecified atom stereocenters. The van der Waals surface area contributed by atoms with Crippen LogP contribution in [0.2, 0.25) is 0 Å². The summed E-state index contributed by atoms with van der Waals surface area (Å²) in [6, 6.07) is 6.93. The molecule has 0 radical (unpaired) electrons. The molecule has 2 saturated heterocycles. The number of amides is 1. The molecule has 1 spiro atoms. The van der Waals surface area contributed by atoms with Crippen molar-refractivity contribution in [2.75, 3.05) is 19.7 Å². The minimum absolute atomic E-state index is 0.0655. The fourth-order valence-corrected chi connectivity index (χ4v) is 6.01. The number of morpholine rings is 1. The molecule has 3 aliphatic rings. The van der Waals surface area contributed by atoms with Crippen molar-refractivity contribution in [2.24, 2.45) is 0 Å². The molecule has 1 aromatic carbocycles. The van der Waals surface area contributed by atoms with E-state index < -0.39 is 15.6 Å². The van der Waals surface area contributed by atoms with Crippen molar-refractivity contribution < 1.29 is 17.9 Å². The van der Waals surface area contributed by atoms with E-state index in [0.29, 0.717) is 36.9 Å². The summed E-state index contributed by atoms with van der Waals surface area (Å²) in [7, 11) is -3.54. The Morgan fingerprint density at radius 1 is 1.23 bits per heavy atom. The van der Waals surface area contributed by atoms with E-state index in [1.165, 1.54) is 0 Å². The third-order valence-corrected chi connectivity index (χ3v) is 8.19. The van der Waals surface area contributed by atoms with Crippen molar-refractivity contribution in [1.82, 2.24) is 9.21 Å². The van der Waals surface area contributed by atoms with Crippen molar-refractivity contribution >= 4 is 31.9 Å². The second-order valence-electron chi connectivity index (χ2n) is 7.60. The molecule has 6 nitrogen and oxygen atoms in total. The molecule has 3 fully saturated rings. The minimum atomic E-state index is -3.54. The zero-order valence-electron chi connectivity index (χ0n) is 14.7. The quantitative estimate of drug-likeness (QED) is 0.720. The van der Waals surface area contributed by atoms with Crippen LogP contribution in [0.25, 0.3) is 0 Å². The number of ether oxygens (including phenoxy) is 1. The second-order valence-corrected chi connectivity index (χ2v) is 10.4. The first-order chi connectivity index (χ1) is 12.3. The third kappa shape index (κ3) is 3.32. The number of benzene rings is 1. The molecule has 2 aliphatic heterocycles. The first kappa shape index (κ1) is 18.4. The van der Waals surface area contributed by atoms with Crippen molar-refractivity contribution in [2.45, 2.75) is 55.2 Å². The lowest BCUT2D eigenvalue weighted by Crippen LogP contribution is -2.61. The number of piperidine rings is 1. The number of carbonyl (C=O) groups excluding carboxylic acids is 1. The first-order valence-corrected chi connectivity index (χ1v) is 11.2. The average molecular weight is 443 g/mol. The lowest BCUT2D eigenvalue weighted by Gasteiger charge is -2.49. The van der Waals surface area contributed by atoms with Gasteiger partial charge >= 0.3 is 0 Å². The molecule has 142 valence electrons. The SMILES string of the molecule is CC1CC2(CCN1S(=O)(=O)c1ccc(Br)cc1)CN(C1CC1)C(=O)CO2. The second kappa shape index (κ2) is 6.58. The van der Waals surface area contributed by atoms with Crippen LogP contribution in [0.15, 0.2) is 33.6 Å². The maximum Gasteiger partial charge on any atom is 0.248 e. The van der Waals surface area contributed by atoms with Gasteiger partial charge in [-0.1, -0.05) is 15.9 Å². The van der Waals surface area contributed by atoms with Crippen LogP contribution < -0.4 is 0 Å². The van der Waals surface area contributed by atoms with Crippen LogP contribution >= 0.6 is 15.9 Å². The lowest BCUT2D eigenvalue weighted by molar-refractivity contribution is -0.173. The summed E-state index contributed by atoms with van der Waals surface area (Å²) >= 11 is 3.34. The topological polar surface area (TPSA) is 66.9 Å². The van der Waals surface area contributed by atoms with Crippen LogP contribution in [-0.2, 0) is 19.6 Å². The third-order valence-electron chi connectivity index (χ3n) is 5.64. The zero-order chi connectivity index (χ0) is 18.5. The summed E-state index contributed by atoms with van der Waals surface area (Å²) in [5.41, 5.74) is -0.415. The maximum atomic E-state index is 13.0. The predicted octanol–water partition coefficient (Wildman–Crippen LogP) is 2.38. The Labute approximate surface area is 162 Å². The van der Waals surface area contributed by atoms with Gasteiger partial charge in [0.25, 0.3) is 0 Å². The van der Waals surface area contributed by atoms with Crippen molar-refractivity contribution in [1.29, 1.82) is 0 Å². The van der Waals surface area contributed by atoms with Gasteiger partial charge < -0.3 is 9.64 Å². The Hall–Kier alpha value is -0.960. The molecule has 26 heavy (non-hydrogen) atoms. The molecular formula is C18H23BrN2O4S. The molecule has 1 saturated carbocycles. The van der Waals surface area contributed by atoms with E-state index in [4.69, 9.17) is 4.74 Å². The highest BCUT2D eigenvalue weighted by atomic mass is 79.9. The summed E-state index contributed by atoms with van der Waals surface area (Å²) < 4.78 is 34.4. The number of carbonyl (C=O) groups is 1. The smallest absolute Gasteiger partial charge is 0.248 e. The van der Waals surface area contributed by atoms with Gasteiger partial charge in [-0.25, -0.2) is 8.42 Å². The van der Waals surface area contributed by atoms with Crippen LogP contribution in [0.5, 0.6) is 0 Å². The Morgan fingerprint density at radius 2 is 1.92 bits per heavy atom. The molecule has 0 N–H and O–H groups in total. The highest BCUT2D eigenvalue weighted by molar-refractivity contribution is 9.10. The van der Waals surface area contributed by atoms with Gasteiger partial charge in [-0.05, 0) is 56.9 Å². The van der Waals surface area contributed by atoms with Crippen LogP contribution in [0, 0.1) is 0 Å². The largest absolute Gasteiger partial charge is 0.363 e. The predicted molar refractivity (Wildman–Crippen MR) is 100 cm³/mol. The highest BCUT2D eigenvalue weighted by Gasteiger charge is 2.49. The fourth-order valence-electron chi connectivity index (χ4n) is 4.11. The van der Waals surface area contributed by atoms with Crippen LogP contribution in [0.4, 0.5) is 0 Å². The van der Waals surface area contributed by atoms with E-state index in [9.17, 15) is 13.2 Å². The molecule has 1 aromatic rings. The van der Waals surface area contributed by atoms with Crippen LogP contribution in [-0.4, -0.2) is 60.9 Å². The number of hydrogen-bond donors (Lipinski definition) is 0. The summed E-state index contributed by atoms with van der Waals surface area (Å²) in [4.78, 5) is 14.4. The van der Waals surface area contributed by atoms with E-state index >= 15 is 0 Å². The summed E-state index contributed by atoms with van der Waals surface area (Å²) in [6.45, 7) is 3.04. The standard InChI is InChI=1S/C18H23BrN2O4S/c1-13-10-18(12-20(15-4-5-15)17(22)11-25-18)8-9-21(13)26(23,24)16-6-2-14(19)3-7-16/h2-3,6-7,13,15H,4-5,8-12H2,1H3. The van der Waals surface area contributed by atoms with Crippen LogP contribution in [0.1, 0.15) is 32.6 Å². The van der Waals surface area contributed by atoms with Gasteiger partial charge in [0, 0.05) is 23.1 Å². The molecule has 0 bridgehead atoms. The van der Waals surface area contributed by atoms with Gasteiger partial charge in [-0.15, -0.1) is 0 Å².